The van der Waals surface area contributed by atoms with Gasteiger partial charge in [-0.15, -0.1) is 0 Å². The van der Waals surface area contributed by atoms with Gasteiger partial charge in [-0.25, -0.2) is 0 Å². The Bertz CT molecular complexity index is 573. The maximum Gasteiger partial charge on any atom is 0.246 e. The van der Waals surface area contributed by atoms with Crippen molar-refractivity contribution >= 4 is 5.91 Å². The number of nitrogens with zero attached hydrogens (tertiary/aromatic N) is 4. The van der Waals surface area contributed by atoms with Crippen LogP contribution in [0.1, 0.15) is 11.1 Å². The molecule has 0 aromatic heterocycles. The monoisotopic (exact) mass is 314 g/mol. The fraction of sp³-hybridized carbons (Fsp3) is 0.444. The number of benzene rings is 1. The van der Waals surface area contributed by atoms with E-state index in [-0.39, 0.29) is 5.91 Å². The summed E-state index contributed by atoms with van der Waals surface area (Å²) in [6.07, 6.45) is 3.50. The fourth-order valence-corrected chi connectivity index (χ4v) is 2.02. The lowest BCUT2D eigenvalue weighted by Crippen LogP contribution is -2.35. The summed E-state index contributed by atoms with van der Waals surface area (Å²) < 4.78 is 0. The Morgan fingerprint density at radius 3 is 2.52 bits per heavy atom. The Hall–Kier alpha value is -2.16. The summed E-state index contributed by atoms with van der Waals surface area (Å²) in [5, 5.41) is 9.00. The molecule has 0 aliphatic heterocycles. The molecule has 5 nitrogen and oxygen atoms in total. The number of likely N-dealkylation sites (N-methyl/N-ethyl adjacent to an activating group) is 2. The molecule has 1 amide bonds. The van der Waals surface area contributed by atoms with Crippen molar-refractivity contribution in [1.29, 1.82) is 5.26 Å². The molecule has 0 spiro atoms. The molecule has 124 valence electrons. The van der Waals surface area contributed by atoms with Crippen LogP contribution in [0.15, 0.2) is 36.4 Å². The normalized spacial score (nSPS) is 11.2. The zero-order valence-corrected chi connectivity index (χ0v) is 14.5. The fourth-order valence-electron chi connectivity index (χ4n) is 2.02. The summed E-state index contributed by atoms with van der Waals surface area (Å²) in [6, 6.07) is 9.54. The molecule has 0 fully saturated rings. The molecule has 0 bridgehead atoms. The lowest BCUT2D eigenvalue weighted by Gasteiger charge is -2.23. The number of amides is 1. The standard InChI is InChI=1S/C18H26N4O/c1-20(2)10-6-9-18(23)22(12-11-21(3)4)15-17-8-5-7-16(13-17)14-19/h5-9,13H,10-12,15H2,1-4H3/b9-6+. The van der Waals surface area contributed by atoms with Gasteiger partial charge in [-0.3, -0.25) is 4.79 Å². The van der Waals surface area contributed by atoms with Gasteiger partial charge < -0.3 is 14.7 Å². The molecule has 0 saturated carbocycles. The molecule has 1 aromatic rings. The molecule has 5 heteroatoms. The molecular formula is C18H26N4O. The second kappa shape index (κ2) is 9.78. The highest BCUT2D eigenvalue weighted by molar-refractivity contribution is 5.87. The minimum Gasteiger partial charge on any atom is -0.334 e. The van der Waals surface area contributed by atoms with E-state index in [1.807, 2.05) is 62.3 Å². The van der Waals surface area contributed by atoms with Crippen molar-refractivity contribution < 1.29 is 4.79 Å². The summed E-state index contributed by atoms with van der Waals surface area (Å²) in [4.78, 5) is 18.3. The highest BCUT2D eigenvalue weighted by Gasteiger charge is 2.12. The summed E-state index contributed by atoms with van der Waals surface area (Å²) in [5.41, 5.74) is 1.59. The van der Waals surface area contributed by atoms with Crippen LogP contribution in [0.2, 0.25) is 0 Å². The Morgan fingerprint density at radius 2 is 1.91 bits per heavy atom. The molecule has 0 heterocycles. The molecule has 0 aliphatic rings. The van der Waals surface area contributed by atoms with E-state index in [0.29, 0.717) is 18.7 Å². The number of nitriles is 1. The van der Waals surface area contributed by atoms with Gasteiger partial charge in [0.25, 0.3) is 0 Å². The molecule has 0 N–H and O–H groups in total. The van der Waals surface area contributed by atoms with E-state index in [1.165, 1.54) is 0 Å². The predicted molar refractivity (Wildman–Crippen MR) is 92.8 cm³/mol. The predicted octanol–water partition coefficient (Wildman–Crippen LogP) is 1.57. The quantitative estimate of drug-likeness (QED) is 0.684. The third kappa shape index (κ3) is 7.59. The second-order valence-corrected chi connectivity index (χ2v) is 6.04. The van der Waals surface area contributed by atoms with E-state index in [2.05, 4.69) is 11.0 Å². The van der Waals surface area contributed by atoms with Gasteiger partial charge in [0.1, 0.15) is 0 Å². The van der Waals surface area contributed by atoms with Crippen LogP contribution in [0.3, 0.4) is 0 Å². The molecule has 0 unspecified atom stereocenters. The van der Waals surface area contributed by atoms with Crippen molar-refractivity contribution in [2.45, 2.75) is 6.54 Å². The van der Waals surface area contributed by atoms with Gasteiger partial charge in [0, 0.05) is 32.3 Å². The number of hydrogen-bond acceptors (Lipinski definition) is 4. The van der Waals surface area contributed by atoms with Crippen molar-refractivity contribution in [2.24, 2.45) is 0 Å². The lowest BCUT2D eigenvalue weighted by molar-refractivity contribution is -0.126. The van der Waals surface area contributed by atoms with Gasteiger partial charge in [0.05, 0.1) is 11.6 Å². The van der Waals surface area contributed by atoms with Crippen LogP contribution in [-0.2, 0) is 11.3 Å². The van der Waals surface area contributed by atoms with E-state index >= 15 is 0 Å². The van der Waals surface area contributed by atoms with Crippen LogP contribution in [0.5, 0.6) is 0 Å². The molecule has 0 saturated heterocycles. The van der Waals surface area contributed by atoms with Crippen molar-refractivity contribution in [3.05, 3.63) is 47.5 Å². The van der Waals surface area contributed by atoms with Gasteiger partial charge >= 0.3 is 0 Å². The van der Waals surface area contributed by atoms with E-state index in [1.54, 1.807) is 12.1 Å². The SMILES string of the molecule is CN(C)C/C=C/C(=O)N(CCN(C)C)Cc1cccc(C#N)c1. The summed E-state index contributed by atoms with van der Waals surface area (Å²) in [6.45, 7) is 2.69. The van der Waals surface area contributed by atoms with Crippen molar-refractivity contribution in [3.63, 3.8) is 0 Å². The maximum atomic E-state index is 12.4. The first-order chi connectivity index (χ1) is 10.9. The number of rotatable bonds is 8. The van der Waals surface area contributed by atoms with Gasteiger partial charge in [-0.05, 0) is 45.9 Å². The Labute approximate surface area is 139 Å². The third-order valence-electron chi connectivity index (χ3n) is 3.29. The number of carbonyl (C=O) groups is 1. The smallest absolute Gasteiger partial charge is 0.246 e. The largest absolute Gasteiger partial charge is 0.334 e. The van der Waals surface area contributed by atoms with E-state index in [0.717, 1.165) is 18.7 Å². The van der Waals surface area contributed by atoms with Gasteiger partial charge in [-0.2, -0.15) is 5.26 Å². The van der Waals surface area contributed by atoms with Crippen molar-refractivity contribution in [3.8, 4) is 6.07 Å². The number of carbonyl (C=O) groups excluding carboxylic acids is 1. The topological polar surface area (TPSA) is 50.6 Å². The third-order valence-corrected chi connectivity index (χ3v) is 3.29. The van der Waals surface area contributed by atoms with E-state index in [4.69, 9.17) is 5.26 Å². The second-order valence-electron chi connectivity index (χ2n) is 6.04. The average molecular weight is 314 g/mol. The molecule has 1 aromatic carbocycles. The van der Waals surface area contributed by atoms with Gasteiger partial charge in [-0.1, -0.05) is 18.2 Å². The zero-order valence-electron chi connectivity index (χ0n) is 14.5. The minimum absolute atomic E-state index is 0.00365. The average Bonchev–Trinajstić information content (AvgIpc) is 2.50. The molecule has 23 heavy (non-hydrogen) atoms. The first-order valence-electron chi connectivity index (χ1n) is 7.66. The zero-order chi connectivity index (χ0) is 17.2. The summed E-state index contributed by atoms with van der Waals surface area (Å²) >= 11 is 0. The van der Waals surface area contributed by atoms with Gasteiger partial charge in [0.15, 0.2) is 0 Å². The van der Waals surface area contributed by atoms with Crippen LogP contribution >= 0.6 is 0 Å². The van der Waals surface area contributed by atoms with E-state index in [9.17, 15) is 4.79 Å². The van der Waals surface area contributed by atoms with Crippen molar-refractivity contribution in [1.82, 2.24) is 14.7 Å². The van der Waals surface area contributed by atoms with Crippen LogP contribution in [0.25, 0.3) is 0 Å². The molecule has 1 rings (SSSR count). The van der Waals surface area contributed by atoms with Crippen LogP contribution in [-0.4, -0.2) is 68.4 Å². The van der Waals surface area contributed by atoms with Crippen LogP contribution < -0.4 is 0 Å². The lowest BCUT2D eigenvalue weighted by atomic mass is 10.1. The van der Waals surface area contributed by atoms with Gasteiger partial charge in [0.2, 0.25) is 5.91 Å². The first-order valence-corrected chi connectivity index (χ1v) is 7.66. The highest BCUT2D eigenvalue weighted by atomic mass is 16.2. The summed E-state index contributed by atoms with van der Waals surface area (Å²) in [5.74, 6) is -0.00365. The Morgan fingerprint density at radius 1 is 1.17 bits per heavy atom. The Balaban J connectivity index is 2.80. The first kappa shape index (κ1) is 18.9. The summed E-state index contributed by atoms with van der Waals surface area (Å²) in [7, 11) is 7.90. The Kier molecular flexibility index (Phi) is 8.03. The molecule has 0 radical (unpaired) electrons. The minimum atomic E-state index is -0.00365. The maximum absolute atomic E-state index is 12.4. The molecular weight excluding hydrogens is 288 g/mol. The molecule has 0 aliphatic carbocycles. The number of hydrogen-bond donors (Lipinski definition) is 0. The van der Waals surface area contributed by atoms with Crippen LogP contribution in [0.4, 0.5) is 0 Å². The van der Waals surface area contributed by atoms with E-state index < -0.39 is 0 Å². The highest BCUT2D eigenvalue weighted by Crippen LogP contribution is 2.08. The van der Waals surface area contributed by atoms with Crippen molar-refractivity contribution in [2.75, 3.05) is 47.8 Å². The van der Waals surface area contributed by atoms with Crippen LogP contribution in [0, 0.1) is 11.3 Å². The molecule has 0 atom stereocenters.